The van der Waals surface area contributed by atoms with Gasteiger partial charge >= 0.3 is 0 Å². The number of hydrogen-bond donors (Lipinski definition) is 2. The SMILES string of the molecule is CN=C(NCCCCCOC1CCCCC1)NCC1CCCS1.I. The molecule has 142 valence electrons. The highest BCUT2D eigenvalue weighted by Gasteiger charge is 2.15. The third-order valence-electron chi connectivity index (χ3n) is 4.76. The number of nitrogens with one attached hydrogen (secondary N) is 2. The molecule has 2 fully saturated rings. The van der Waals surface area contributed by atoms with Crippen molar-refractivity contribution in [3.8, 4) is 0 Å². The molecule has 24 heavy (non-hydrogen) atoms. The van der Waals surface area contributed by atoms with Gasteiger partial charge in [0.25, 0.3) is 0 Å². The van der Waals surface area contributed by atoms with Crippen molar-refractivity contribution in [1.82, 2.24) is 10.6 Å². The Balaban J connectivity index is 0.00000288. The van der Waals surface area contributed by atoms with Gasteiger partial charge < -0.3 is 15.4 Å². The summed E-state index contributed by atoms with van der Waals surface area (Å²) < 4.78 is 5.97. The highest BCUT2D eigenvalue weighted by atomic mass is 127. The van der Waals surface area contributed by atoms with E-state index in [4.69, 9.17) is 4.74 Å². The third-order valence-corrected chi connectivity index (χ3v) is 6.16. The average molecular weight is 469 g/mol. The summed E-state index contributed by atoms with van der Waals surface area (Å²) in [6.45, 7) is 2.98. The number of rotatable bonds is 9. The van der Waals surface area contributed by atoms with Gasteiger partial charge in [0.1, 0.15) is 0 Å². The van der Waals surface area contributed by atoms with Gasteiger partial charge in [-0.05, 0) is 50.7 Å². The molecule has 1 aliphatic heterocycles. The molecular weight excluding hydrogens is 433 g/mol. The van der Waals surface area contributed by atoms with Gasteiger partial charge in [0.15, 0.2) is 5.96 Å². The van der Waals surface area contributed by atoms with E-state index in [1.165, 1.54) is 70.0 Å². The number of unbranched alkanes of at least 4 members (excludes halogenated alkanes) is 2. The molecule has 0 bridgehead atoms. The van der Waals surface area contributed by atoms with Gasteiger partial charge in [0.2, 0.25) is 0 Å². The van der Waals surface area contributed by atoms with E-state index in [-0.39, 0.29) is 24.0 Å². The fourth-order valence-corrected chi connectivity index (χ4v) is 4.53. The Labute approximate surface area is 169 Å². The highest BCUT2D eigenvalue weighted by Crippen LogP contribution is 2.25. The van der Waals surface area contributed by atoms with Crippen molar-refractivity contribution in [3.05, 3.63) is 0 Å². The minimum atomic E-state index is 0. The first-order chi connectivity index (χ1) is 11.4. The second-order valence-electron chi connectivity index (χ2n) is 6.71. The summed E-state index contributed by atoms with van der Waals surface area (Å²) in [6.07, 6.45) is 13.6. The van der Waals surface area contributed by atoms with Crippen molar-refractivity contribution >= 4 is 41.7 Å². The zero-order valence-corrected chi connectivity index (χ0v) is 18.4. The molecule has 0 amide bonds. The van der Waals surface area contributed by atoms with E-state index in [0.717, 1.165) is 30.9 Å². The van der Waals surface area contributed by atoms with Crippen LogP contribution >= 0.6 is 35.7 Å². The van der Waals surface area contributed by atoms with Crippen LogP contribution in [0.1, 0.15) is 64.2 Å². The summed E-state index contributed by atoms with van der Waals surface area (Å²) in [6, 6.07) is 0. The molecule has 1 saturated carbocycles. The fourth-order valence-electron chi connectivity index (χ4n) is 3.33. The monoisotopic (exact) mass is 469 g/mol. The average Bonchev–Trinajstić information content (AvgIpc) is 3.11. The van der Waals surface area contributed by atoms with Gasteiger partial charge in [-0.15, -0.1) is 24.0 Å². The summed E-state index contributed by atoms with van der Waals surface area (Å²) in [7, 11) is 1.86. The van der Waals surface area contributed by atoms with Crippen LogP contribution in [-0.2, 0) is 4.74 Å². The molecule has 0 aromatic carbocycles. The van der Waals surface area contributed by atoms with Crippen LogP contribution < -0.4 is 10.6 Å². The molecule has 1 atom stereocenters. The lowest BCUT2D eigenvalue weighted by Gasteiger charge is -2.21. The van der Waals surface area contributed by atoms with E-state index in [2.05, 4.69) is 27.4 Å². The first kappa shape index (κ1) is 22.4. The molecule has 0 aromatic rings. The predicted molar refractivity (Wildman–Crippen MR) is 117 cm³/mol. The van der Waals surface area contributed by atoms with Crippen LogP contribution in [0.4, 0.5) is 0 Å². The maximum atomic E-state index is 5.97. The van der Waals surface area contributed by atoms with Crippen LogP contribution in [0.25, 0.3) is 0 Å². The second-order valence-corrected chi connectivity index (χ2v) is 8.11. The fraction of sp³-hybridized carbons (Fsp3) is 0.944. The summed E-state index contributed by atoms with van der Waals surface area (Å²) in [5, 5.41) is 7.64. The second kappa shape index (κ2) is 14.5. The third kappa shape index (κ3) is 9.70. The smallest absolute Gasteiger partial charge is 0.191 e. The van der Waals surface area contributed by atoms with E-state index >= 15 is 0 Å². The van der Waals surface area contributed by atoms with Gasteiger partial charge in [0.05, 0.1) is 6.10 Å². The molecule has 1 aliphatic carbocycles. The van der Waals surface area contributed by atoms with Crippen LogP contribution in [-0.4, -0.2) is 49.8 Å². The summed E-state index contributed by atoms with van der Waals surface area (Å²) in [4.78, 5) is 4.30. The van der Waals surface area contributed by atoms with Gasteiger partial charge in [-0.25, -0.2) is 0 Å². The maximum Gasteiger partial charge on any atom is 0.191 e. The standard InChI is InChI=1S/C18H35N3OS.HI/c1-19-18(21-15-17-11-8-14-23-17)20-12-6-3-7-13-22-16-9-4-2-5-10-16;/h16-17H,2-15H2,1H3,(H2,19,20,21);1H. The minimum absolute atomic E-state index is 0. The first-order valence-electron chi connectivity index (χ1n) is 9.56. The van der Waals surface area contributed by atoms with Crippen LogP contribution in [0, 0.1) is 0 Å². The lowest BCUT2D eigenvalue weighted by atomic mass is 9.98. The van der Waals surface area contributed by atoms with Crippen molar-refractivity contribution in [3.63, 3.8) is 0 Å². The number of nitrogens with zero attached hydrogens (tertiary/aromatic N) is 1. The maximum absolute atomic E-state index is 5.97. The molecule has 4 nitrogen and oxygen atoms in total. The quantitative estimate of drug-likeness (QED) is 0.230. The Kier molecular flexibility index (Phi) is 13.5. The van der Waals surface area contributed by atoms with Crippen LogP contribution in [0.15, 0.2) is 4.99 Å². The van der Waals surface area contributed by atoms with Gasteiger partial charge in [-0.2, -0.15) is 11.8 Å². The summed E-state index contributed by atoms with van der Waals surface area (Å²) in [5.74, 6) is 2.28. The predicted octanol–water partition coefficient (Wildman–Crippen LogP) is 4.18. The number of guanidine groups is 1. The number of ether oxygens (including phenoxy) is 1. The molecule has 1 heterocycles. The number of thioether (sulfide) groups is 1. The lowest BCUT2D eigenvalue weighted by molar-refractivity contribution is 0.0264. The molecule has 1 unspecified atom stereocenters. The van der Waals surface area contributed by atoms with Gasteiger partial charge in [-0.1, -0.05) is 19.3 Å². The van der Waals surface area contributed by atoms with Crippen molar-refractivity contribution in [2.45, 2.75) is 75.6 Å². The molecule has 0 radical (unpaired) electrons. The van der Waals surface area contributed by atoms with Gasteiger partial charge in [-0.3, -0.25) is 4.99 Å². The van der Waals surface area contributed by atoms with Crippen molar-refractivity contribution in [2.75, 3.05) is 32.5 Å². The number of halogens is 1. The Morgan fingerprint density at radius 3 is 2.58 bits per heavy atom. The topological polar surface area (TPSA) is 45.7 Å². The molecule has 2 N–H and O–H groups in total. The normalized spacial score (nSPS) is 22.2. The molecule has 0 aromatic heterocycles. The lowest BCUT2D eigenvalue weighted by Crippen LogP contribution is -2.40. The zero-order chi connectivity index (χ0) is 16.2. The minimum Gasteiger partial charge on any atom is -0.378 e. The largest absolute Gasteiger partial charge is 0.378 e. The molecule has 6 heteroatoms. The van der Waals surface area contributed by atoms with Crippen molar-refractivity contribution < 1.29 is 4.74 Å². The summed E-state index contributed by atoms with van der Waals surface area (Å²) in [5.41, 5.74) is 0. The van der Waals surface area contributed by atoms with Crippen LogP contribution in [0.3, 0.4) is 0 Å². The number of hydrogen-bond acceptors (Lipinski definition) is 3. The first-order valence-corrected chi connectivity index (χ1v) is 10.6. The molecule has 1 saturated heterocycles. The van der Waals surface area contributed by atoms with E-state index < -0.39 is 0 Å². The molecule has 2 rings (SSSR count). The van der Waals surface area contributed by atoms with Crippen molar-refractivity contribution in [1.29, 1.82) is 0 Å². The molecule has 0 spiro atoms. The van der Waals surface area contributed by atoms with E-state index in [1.54, 1.807) is 0 Å². The Hall–Kier alpha value is 0.310. The Morgan fingerprint density at radius 2 is 1.88 bits per heavy atom. The van der Waals surface area contributed by atoms with Gasteiger partial charge in [0, 0.05) is 32.0 Å². The van der Waals surface area contributed by atoms with E-state index in [1.807, 2.05) is 7.05 Å². The number of aliphatic imine (C=N–C) groups is 1. The van der Waals surface area contributed by atoms with Crippen LogP contribution in [0.2, 0.25) is 0 Å². The van der Waals surface area contributed by atoms with Crippen molar-refractivity contribution in [2.24, 2.45) is 4.99 Å². The molecule has 2 aliphatic rings. The molecular formula is C18H36IN3OS. The highest BCUT2D eigenvalue weighted by molar-refractivity contribution is 14.0. The zero-order valence-electron chi connectivity index (χ0n) is 15.2. The van der Waals surface area contributed by atoms with Crippen LogP contribution in [0.5, 0.6) is 0 Å². The summed E-state index contributed by atoms with van der Waals surface area (Å²) >= 11 is 2.08. The Morgan fingerprint density at radius 1 is 1.04 bits per heavy atom. The van der Waals surface area contributed by atoms with E-state index in [0.29, 0.717) is 6.10 Å². The Bertz CT molecular complexity index is 332. The van der Waals surface area contributed by atoms with E-state index in [9.17, 15) is 0 Å².